The molecule has 1 unspecified atom stereocenters. The lowest BCUT2D eigenvalue weighted by molar-refractivity contribution is 0.484. The van der Waals surface area contributed by atoms with Crippen molar-refractivity contribution in [1.82, 2.24) is 5.32 Å². The van der Waals surface area contributed by atoms with Crippen molar-refractivity contribution in [3.8, 4) is 11.8 Å². The first-order valence-corrected chi connectivity index (χ1v) is 5.77. The summed E-state index contributed by atoms with van der Waals surface area (Å²) in [6, 6.07) is 3.37. The molecule has 1 N–H and O–H groups in total. The van der Waals surface area contributed by atoms with E-state index in [9.17, 15) is 8.78 Å². The summed E-state index contributed by atoms with van der Waals surface area (Å²) in [5.74, 6) is 4.95. The normalized spacial score (nSPS) is 11.8. The number of hydrogen-bond acceptors (Lipinski definition) is 1. The fraction of sp³-hybridized carbons (Fsp3) is 0.429. The average molecular weight is 237 g/mol. The summed E-state index contributed by atoms with van der Waals surface area (Å²) in [5.41, 5.74) is 0.379. The van der Waals surface area contributed by atoms with Gasteiger partial charge in [-0.05, 0) is 38.1 Å². The fourth-order valence-electron chi connectivity index (χ4n) is 1.74. The summed E-state index contributed by atoms with van der Waals surface area (Å²) in [5, 5.41) is 3.15. The highest BCUT2D eigenvalue weighted by molar-refractivity contribution is 5.22. The van der Waals surface area contributed by atoms with E-state index in [1.54, 1.807) is 6.92 Å². The summed E-state index contributed by atoms with van der Waals surface area (Å²) in [6.07, 6.45) is 1.35. The Morgan fingerprint density at radius 1 is 1.35 bits per heavy atom. The molecule has 17 heavy (non-hydrogen) atoms. The van der Waals surface area contributed by atoms with Crippen LogP contribution in [0.4, 0.5) is 8.78 Å². The van der Waals surface area contributed by atoms with E-state index in [-0.39, 0.29) is 11.9 Å². The van der Waals surface area contributed by atoms with Crippen LogP contribution in [0, 0.1) is 23.5 Å². The van der Waals surface area contributed by atoms with Gasteiger partial charge in [0.25, 0.3) is 0 Å². The third-order valence-corrected chi connectivity index (χ3v) is 2.52. The summed E-state index contributed by atoms with van der Waals surface area (Å²) in [7, 11) is 0. The molecule has 0 heterocycles. The molecule has 0 aliphatic carbocycles. The predicted molar refractivity (Wildman–Crippen MR) is 65.5 cm³/mol. The minimum Gasteiger partial charge on any atom is -0.310 e. The standard InChI is InChI=1S/C14H17F2N/c1-3-5-6-7-14(17-4-2)12-10-11(15)8-9-13(12)16/h8-10,14,17H,4,6-7H2,1-2H3. The van der Waals surface area contributed by atoms with Crippen molar-refractivity contribution in [2.45, 2.75) is 32.7 Å². The van der Waals surface area contributed by atoms with Crippen LogP contribution in [0.15, 0.2) is 18.2 Å². The molecule has 92 valence electrons. The second kappa shape index (κ2) is 7.03. The van der Waals surface area contributed by atoms with Gasteiger partial charge in [0.2, 0.25) is 0 Å². The van der Waals surface area contributed by atoms with Crippen LogP contribution < -0.4 is 5.32 Å². The maximum atomic E-state index is 13.6. The topological polar surface area (TPSA) is 12.0 Å². The Morgan fingerprint density at radius 2 is 2.12 bits per heavy atom. The van der Waals surface area contributed by atoms with Crippen LogP contribution in [0.25, 0.3) is 0 Å². The first-order chi connectivity index (χ1) is 8.19. The third-order valence-electron chi connectivity index (χ3n) is 2.52. The second-order valence-corrected chi connectivity index (χ2v) is 3.74. The van der Waals surface area contributed by atoms with Gasteiger partial charge in [-0.15, -0.1) is 11.8 Å². The SMILES string of the molecule is CC#CCCC(NCC)c1cc(F)ccc1F. The Bertz CT molecular complexity index is 418. The van der Waals surface area contributed by atoms with Crippen LogP contribution >= 0.6 is 0 Å². The number of rotatable bonds is 5. The van der Waals surface area contributed by atoms with E-state index in [4.69, 9.17) is 0 Å². The molecule has 0 radical (unpaired) electrons. The van der Waals surface area contributed by atoms with Gasteiger partial charge in [0.1, 0.15) is 11.6 Å². The Balaban J connectivity index is 2.86. The van der Waals surface area contributed by atoms with E-state index in [0.29, 0.717) is 24.9 Å². The number of benzene rings is 1. The molecule has 0 amide bonds. The first kappa shape index (κ1) is 13.7. The molecule has 1 nitrogen and oxygen atoms in total. The van der Waals surface area contributed by atoms with Crippen LogP contribution in [0.1, 0.15) is 38.3 Å². The van der Waals surface area contributed by atoms with Gasteiger partial charge in [-0.3, -0.25) is 0 Å². The van der Waals surface area contributed by atoms with Crippen molar-refractivity contribution < 1.29 is 8.78 Å². The average Bonchev–Trinajstić information content (AvgIpc) is 2.32. The van der Waals surface area contributed by atoms with Gasteiger partial charge in [-0.25, -0.2) is 8.78 Å². The molecule has 1 rings (SSSR count). The molecule has 1 aromatic carbocycles. The monoisotopic (exact) mass is 237 g/mol. The smallest absolute Gasteiger partial charge is 0.128 e. The van der Waals surface area contributed by atoms with Crippen LogP contribution in [-0.2, 0) is 0 Å². The van der Waals surface area contributed by atoms with Crippen molar-refractivity contribution >= 4 is 0 Å². The van der Waals surface area contributed by atoms with Crippen molar-refractivity contribution in [1.29, 1.82) is 0 Å². The van der Waals surface area contributed by atoms with Crippen LogP contribution in [0.5, 0.6) is 0 Å². The zero-order valence-electron chi connectivity index (χ0n) is 10.2. The minimum atomic E-state index is -0.411. The number of hydrogen-bond donors (Lipinski definition) is 1. The van der Waals surface area contributed by atoms with Gasteiger partial charge in [-0.2, -0.15) is 0 Å². The summed E-state index contributed by atoms with van der Waals surface area (Å²) < 4.78 is 26.7. The van der Waals surface area contributed by atoms with Crippen molar-refractivity contribution in [3.05, 3.63) is 35.4 Å². The third kappa shape index (κ3) is 4.16. The molecule has 3 heteroatoms. The predicted octanol–water partition coefficient (Wildman–Crippen LogP) is 3.42. The molecule has 1 atom stereocenters. The molecular weight excluding hydrogens is 220 g/mol. The lowest BCUT2D eigenvalue weighted by Gasteiger charge is -2.18. The lowest BCUT2D eigenvalue weighted by atomic mass is 10.0. The summed E-state index contributed by atoms with van der Waals surface area (Å²) >= 11 is 0. The minimum absolute atomic E-state index is 0.184. The highest BCUT2D eigenvalue weighted by atomic mass is 19.1. The van der Waals surface area contributed by atoms with Crippen molar-refractivity contribution in [3.63, 3.8) is 0 Å². The molecule has 0 aliphatic rings. The van der Waals surface area contributed by atoms with E-state index < -0.39 is 5.82 Å². The molecule has 0 aliphatic heterocycles. The van der Waals surface area contributed by atoms with E-state index >= 15 is 0 Å². The zero-order valence-corrected chi connectivity index (χ0v) is 10.2. The van der Waals surface area contributed by atoms with Gasteiger partial charge in [0.15, 0.2) is 0 Å². The number of halogens is 2. The summed E-state index contributed by atoms with van der Waals surface area (Å²) in [4.78, 5) is 0. The van der Waals surface area contributed by atoms with Crippen molar-refractivity contribution in [2.75, 3.05) is 6.54 Å². The molecule has 0 aromatic heterocycles. The van der Waals surface area contributed by atoms with E-state index in [1.165, 1.54) is 12.1 Å². The molecule has 0 saturated heterocycles. The van der Waals surface area contributed by atoms with Crippen LogP contribution in [0.2, 0.25) is 0 Å². The van der Waals surface area contributed by atoms with Gasteiger partial charge < -0.3 is 5.32 Å². The van der Waals surface area contributed by atoms with Crippen LogP contribution in [-0.4, -0.2) is 6.54 Å². The molecule has 0 bridgehead atoms. The molecule has 0 saturated carbocycles. The fourth-order valence-corrected chi connectivity index (χ4v) is 1.74. The van der Waals surface area contributed by atoms with E-state index in [0.717, 1.165) is 6.07 Å². The molecular formula is C14H17F2N. The van der Waals surface area contributed by atoms with Crippen molar-refractivity contribution in [2.24, 2.45) is 0 Å². The highest BCUT2D eigenvalue weighted by Crippen LogP contribution is 2.22. The van der Waals surface area contributed by atoms with Gasteiger partial charge in [0, 0.05) is 18.0 Å². The van der Waals surface area contributed by atoms with E-state index in [2.05, 4.69) is 17.2 Å². The first-order valence-electron chi connectivity index (χ1n) is 5.77. The Labute approximate surface area is 101 Å². The quantitative estimate of drug-likeness (QED) is 0.774. The van der Waals surface area contributed by atoms with E-state index in [1.807, 2.05) is 6.92 Å². The second-order valence-electron chi connectivity index (χ2n) is 3.74. The van der Waals surface area contributed by atoms with Gasteiger partial charge in [-0.1, -0.05) is 6.92 Å². The molecule has 1 aromatic rings. The maximum Gasteiger partial charge on any atom is 0.128 e. The zero-order chi connectivity index (χ0) is 12.7. The van der Waals surface area contributed by atoms with Gasteiger partial charge in [0.05, 0.1) is 0 Å². The maximum absolute atomic E-state index is 13.6. The lowest BCUT2D eigenvalue weighted by Crippen LogP contribution is -2.22. The number of nitrogens with one attached hydrogen (secondary N) is 1. The Hall–Kier alpha value is -1.40. The Morgan fingerprint density at radius 3 is 2.76 bits per heavy atom. The highest BCUT2D eigenvalue weighted by Gasteiger charge is 2.14. The Kier molecular flexibility index (Phi) is 5.65. The summed E-state index contributed by atoms with van der Waals surface area (Å²) in [6.45, 7) is 4.42. The largest absolute Gasteiger partial charge is 0.310 e. The van der Waals surface area contributed by atoms with Crippen LogP contribution in [0.3, 0.4) is 0 Å². The molecule has 0 spiro atoms. The molecule has 0 fully saturated rings. The van der Waals surface area contributed by atoms with Gasteiger partial charge >= 0.3 is 0 Å².